The Balaban J connectivity index is 1.42. The smallest absolute Gasteiger partial charge is 0.318 e. The van der Waals surface area contributed by atoms with E-state index in [1.54, 1.807) is 18.0 Å². The standard InChI is InChI=1S/C21H33N5O2/c1-17(20(27)24-18-9-5-3-2-4-6-10-18)23-21(28)26-15-13-25(14-16-26)19-11-7-8-12-22-19/h7-8,11-12,17-18H,2-6,9-10,13-16H2,1H3,(H,23,28)(H,24,27)/t17-/m0/s1. The molecule has 7 nitrogen and oxygen atoms in total. The van der Waals surface area contributed by atoms with Crippen LogP contribution in [-0.4, -0.2) is 60.1 Å². The van der Waals surface area contributed by atoms with Crippen molar-refractivity contribution >= 4 is 17.8 Å². The third-order valence-electron chi connectivity index (χ3n) is 5.72. The molecule has 1 aliphatic heterocycles. The highest BCUT2D eigenvalue weighted by atomic mass is 16.2. The van der Waals surface area contributed by atoms with Crippen molar-refractivity contribution in [2.45, 2.75) is 64.0 Å². The fourth-order valence-corrected chi connectivity index (χ4v) is 3.95. The number of nitrogens with zero attached hydrogens (tertiary/aromatic N) is 3. The zero-order chi connectivity index (χ0) is 19.8. The minimum Gasteiger partial charge on any atom is -0.353 e. The molecule has 1 aliphatic carbocycles. The third-order valence-corrected chi connectivity index (χ3v) is 5.72. The quantitative estimate of drug-likeness (QED) is 0.832. The Morgan fingerprint density at radius 3 is 2.36 bits per heavy atom. The van der Waals surface area contributed by atoms with Crippen LogP contribution in [0.4, 0.5) is 10.6 Å². The van der Waals surface area contributed by atoms with Crippen molar-refractivity contribution in [1.29, 1.82) is 0 Å². The van der Waals surface area contributed by atoms with Gasteiger partial charge in [0.25, 0.3) is 0 Å². The van der Waals surface area contributed by atoms with Crippen LogP contribution in [0.1, 0.15) is 51.9 Å². The highest BCUT2D eigenvalue weighted by Gasteiger charge is 2.25. The molecule has 28 heavy (non-hydrogen) atoms. The summed E-state index contributed by atoms with van der Waals surface area (Å²) >= 11 is 0. The molecule has 1 saturated carbocycles. The van der Waals surface area contributed by atoms with Gasteiger partial charge < -0.3 is 20.4 Å². The van der Waals surface area contributed by atoms with E-state index in [1.807, 2.05) is 18.2 Å². The molecule has 1 saturated heterocycles. The first-order chi connectivity index (χ1) is 13.6. The van der Waals surface area contributed by atoms with Crippen molar-refractivity contribution in [3.05, 3.63) is 24.4 Å². The lowest BCUT2D eigenvalue weighted by Gasteiger charge is -2.35. The minimum atomic E-state index is -0.522. The van der Waals surface area contributed by atoms with Crippen molar-refractivity contribution in [3.63, 3.8) is 0 Å². The Morgan fingerprint density at radius 2 is 1.71 bits per heavy atom. The summed E-state index contributed by atoms with van der Waals surface area (Å²) in [7, 11) is 0. The summed E-state index contributed by atoms with van der Waals surface area (Å²) in [6.07, 6.45) is 10.0. The summed E-state index contributed by atoms with van der Waals surface area (Å²) in [5, 5.41) is 6.00. The van der Waals surface area contributed by atoms with Gasteiger partial charge in [0.15, 0.2) is 0 Å². The number of piperazine rings is 1. The number of carbonyl (C=O) groups excluding carboxylic acids is 2. The molecule has 0 unspecified atom stereocenters. The van der Waals surface area contributed by atoms with Crippen LogP contribution in [0.3, 0.4) is 0 Å². The van der Waals surface area contributed by atoms with Crippen LogP contribution in [0.2, 0.25) is 0 Å². The highest BCUT2D eigenvalue weighted by Crippen LogP contribution is 2.17. The van der Waals surface area contributed by atoms with Crippen LogP contribution in [-0.2, 0) is 4.79 Å². The first-order valence-electron chi connectivity index (χ1n) is 10.7. The maximum atomic E-state index is 12.5. The number of hydrogen-bond acceptors (Lipinski definition) is 4. The van der Waals surface area contributed by atoms with Gasteiger partial charge in [-0.15, -0.1) is 0 Å². The summed E-state index contributed by atoms with van der Waals surface area (Å²) in [6, 6.07) is 5.41. The predicted molar refractivity (Wildman–Crippen MR) is 110 cm³/mol. The van der Waals surface area contributed by atoms with Crippen LogP contribution in [0.25, 0.3) is 0 Å². The molecule has 2 aliphatic rings. The van der Waals surface area contributed by atoms with Crippen molar-refractivity contribution < 1.29 is 9.59 Å². The molecule has 3 rings (SSSR count). The number of anilines is 1. The van der Waals surface area contributed by atoms with Gasteiger partial charge in [-0.2, -0.15) is 0 Å². The van der Waals surface area contributed by atoms with Crippen LogP contribution >= 0.6 is 0 Å². The van der Waals surface area contributed by atoms with Crippen LogP contribution in [0, 0.1) is 0 Å². The molecule has 154 valence electrons. The molecule has 0 radical (unpaired) electrons. The first-order valence-corrected chi connectivity index (χ1v) is 10.7. The summed E-state index contributed by atoms with van der Waals surface area (Å²) in [5.74, 6) is 0.862. The molecule has 1 atom stereocenters. The van der Waals surface area contributed by atoms with E-state index in [-0.39, 0.29) is 18.0 Å². The van der Waals surface area contributed by atoms with Crippen LogP contribution in [0.15, 0.2) is 24.4 Å². The molecule has 2 N–H and O–H groups in total. The fraction of sp³-hybridized carbons (Fsp3) is 0.667. The first kappa shape index (κ1) is 20.4. The van der Waals surface area contributed by atoms with E-state index >= 15 is 0 Å². The SMILES string of the molecule is C[C@H](NC(=O)N1CCN(c2ccccn2)CC1)C(=O)NC1CCCCCCC1. The Bertz CT molecular complexity index is 623. The monoisotopic (exact) mass is 387 g/mol. The van der Waals surface area contributed by atoms with E-state index < -0.39 is 6.04 Å². The summed E-state index contributed by atoms with van der Waals surface area (Å²) in [5.41, 5.74) is 0. The lowest BCUT2D eigenvalue weighted by molar-refractivity contribution is -0.123. The minimum absolute atomic E-state index is 0.0777. The molecule has 2 fully saturated rings. The van der Waals surface area contributed by atoms with Gasteiger partial charge in [0.1, 0.15) is 11.9 Å². The average molecular weight is 388 g/mol. The molecule has 1 aromatic heterocycles. The predicted octanol–water partition coefficient (Wildman–Crippen LogP) is 2.53. The van der Waals surface area contributed by atoms with Gasteiger partial charge in [0.05, 0.1) is 0 Å². The molecule has 7 heteroatoms. The second-order valence-electron chi connectivity index (χ2n) is 7.88. The van der Waals surface area contributed by atoms with Crippen molar-refractivity contribution in [3.8, 4) is 0 Å². The fourth-order valence-electron chi connectivity index (χ4n) is 3.95. The van der Waals surface area contributed by atoms with Gasteiger partial charge in [-0.25, -0.2) is 9.78 Å². The highest BCUT2D eigenvalue weighted by molar-refractivity contribution is 5.86. The van der Waals surface area contributed by atoms with E-state index in [2.05, 4.69) is 20.5 Å². The zero-order valence-electron chi connectivity index (χ0n) is 16.9. The van der Waals surface area contributed by atoms with Gasteiger partial charge >= 0.3 is 6.03 Å². The van der Waals surface area contributed by atoms with Crippen LogP contribution in [0.5, 0.6) is 0 Å². The number of urea groups is 1. The van der Waals surface area contributed by atoms with Crippen molar-refractivity contribution in [1.82, 2.24) is 20.5 Å². The van der Waals surface area contributed by atoms with E-state index in [9.17, 15) is 9.59 Å². The summed E-state index contributed by atoms with van der Waals surface area (Å²) in [6.45, 7) is 4.50. The maximum absolute atomic E-state index is 12.5. The number of amides is 3. The van der Waals surface area contributed by atoms with E-state index in [4.69, 9.17) is 0 Å². The third kappa shape index (κ3) is 5.84. The number of aromatic nitrogens is 1. The number of rotatable bonds is 4. The average Bonchev–Trinajstić information content (AvgIpc) is 2.70. The molecule has 1 aromatic rings. The number of hydrogen-bond donors (Lipinski definition) is 2. The van der Waals surface area contributed by atoms with Gasteiger partial charge in [0.2, 0.25) is 5.91 Å². The van der Waals surface area contributed by atoms with Crippen molar-refractivity contribution in [2.75, 3.05) is 31.1 Å². The molecule has 2 heterocycles. The number of carbonyl (C=O) groups is 2. The van der Waals surface area contributed by atoms with Gasteiger partial charge in [-0.05, 0) is 31.9 Å². The molecule has 3 amide bonds. The largest absolute Gasteiger partial charge is 0.353 e. The topological polar surface area (TPSA) is 77.6 Å². The van der Waals surface area contributed by atoms with Gasteiger partial charge in [0, 0.05) is 38.4 Å². The second kappa shape index (κ2) is 10.3. The lowest BCUT2D eigenvalue weighted by Crippen LogP contribution is -2.56. The number of pyridine rings is 1. The van der Waals surface area contributed by atoms with E-state index in [0.717, 1.165) is 31.7 Å². The molecule has 0 aromatic carbocycles. The normalized spacial score (nSPS) is 20.0. The van der Waals surface area contributed by atoms with E-state index in [1.165, 1.54) is 32.1 Å². The Labute approximate surface area is 167 Å². The number of nitrogens with one attached hydrogen (secondary N) is 2. The molecule has 0 spiro atoms. The van der Waals surface area contributed by atoms with Crippen LogP contribution < -0.4 is 15.5 Å². The Morgan fingerprint density at radius 1 is 1.04 bits per heavy atom. The molecular formula is C21H33N5O2. The van der Waals surface area contributed by atoms with Crippen molar-refractivity contribution in [2.24, 2.45) is 0 Å². The maximum Gasteiger partial charge on any atom is 0.318 e. The summed E-state index contributed by atoms with van der Waals surface area (Å²) in [4.78, 5) is 33.4. The lowest BCUT2D eigenvalue weighted by atomic mass is 9.96. The Hall–Kier alpha value is -2.31. The molecular weight excluding hydrogens is 354 g/mol. The molecule has 0 bridgehead atoms. The van der Waals surface area contributed by atoms with Gasteiger partial charge in [-0.3, -0.25) is 4.79 Å². The Kier molecular flexibility index (Phi) is 7.51. The van der Waals surface area contributed by atoms with E-state index in [0.29, 0.717) is 13.1 Å². The summed E-state index contributed by atoms with van der Waals surface area (Å²) < 4.78 is 0. The zero-order valence-corrected chi connectivity index (χ0v) is 16.9. The second-order valence-corrected chi connectivity index (χ2v) is 7.88. The van der Waals surface area contributed by atoms with Gasteiger partial charge in [-0.1, -0.05) is 38.2 Å².